The summed E-state index contributed by atoms with van der Waals surface area (Å²) in [4.78, 5) is 0. The van der Waals surface area contributed by atoms with E-state index in [2.05, 4.69) is 0 Å². The summed E-state index contributed by atoms with van der Waals surface area (Å²) >= 11 is 0. The van der Waals surface area contributed by atoms with Crippen molar-refractivity contribution in [2.75, 3.05) is 26.4 Å². The fourth-order valence-electron chi connectivity index (χ4n) is 3.98. The molecule has 3 saturated heterocycles. The number of hydrogen-bond donors (Lipinski definition) is 10. The minimum Gasteiger partial charge on any atom is -0.394 e. The first-order chi connectivity index (χ1) is 15.6. The summed E-state index contributed by atoms with van der Waals surface area (Å²) in [6, 6.07) is 0. The molecule has 0 aromatic heterocycles. The van der Waals surface area contributed by atoms with Crippen molar-refractivity contribution in [3.05, 3.63) is 0 Å². The van der Waals surface area contributed by atoms with E-state index in [-0.39, 0.29) is 6.61 Å². The lowest BCUT2D eigenvalue weighted by Gasteiger charge is -2.46. The number of aliphatic hydroxyl groups is 10. The van der Waals surface area contributed by atoms with Crippen molar-refractivity contribution < 1.29 is 74.7 Å². The second-order valence-corrected chi connectivity index (χ2v) is 8.21. The van der Waals surface area contributed by atoms with E-state index in [0.29, 0.717) is 0 Å². The van der Waals surface area contributed by atoms with E-state index >= 15 is 0 Å². The van der Waals surface area contributed by atoms with Crippen molar-refractivity contribution in [1.82, 2.24) is 0 Å². The minimum atomic E-state index is -1.79. The second-order valence-electron chi connectivity index (χ2n) is 8.21. The minimum absolute atomic E-state index is 0.334. The molecule has 3 fully saturated rings. The molecule has 15 nitrogen and oxygen atoms in total. The summed E-state index contributed by atoms with van der Waals surface area (Å²) in [7, 11) is 0. The molecule has 194 valence electrons. The van der Waals surface area contributed by atoms with Crippen molar-refractivity contribution in [2.24, 2.45) is 0 Å². The maximum atomic E-state index is 10.6. The molecule has 0 aromatic carbocycles. The molecule has 3 aliphatic rings. The summed E-state index contributed by atoms with van der Waals surface area (Å²) in [5.41, 5.74) is 0. The zero-order valence-electron chi connectivity index (χ0n) is 17.4. The summed E-state index contributed by atoms with van der Waals surface area (Å²) in [5.74, 6) is 0. The average Bonchev–Trinajstić information content (AvgIpc) is 2.81. The van der Waals surface area contributed by atoms with Gasteiger partial charge in [0.1, 0.15) is 73.2 Å². The molecule has 3 rings (SSSR count). The molecule has 15 heteroatoms. The standard InChI is InChI=1S/C18H32O15/c19-1-5-11(24)16(33-18-15(28)13(26)10(23)7(3-21)31-18)8(4-29-5)32-17-14(27)12(25)9(22)6(2-20)30-17/h5-28H,1-4H2. The molecule has 14 atom stereocenters. The monoisotopic (exact) mass is 488 g/mol. The molecule has 0 radical (unpaired) electrons. The molecule has 3 aliphatic heterocycles. The zero-order chi connectivity index (χ0) is 24.4. The Morgan fingerprint density at radius 3 is 1.45 bits per heavy atom. The first kappa shape index (κ1) is 27.0. The largest absolute Gasteiger partial charge is 0.394 e. The molecule has 33 heavy (non-hydrogen) atoms. The quantitative estimate of drug-likeness (QED) is 0.160. The topological polar surface area (TPSA) is 248 Å². The molecular weight excluding hydrogens is 456 g/mol. The predicted octanol–water partition coefficient (Wildman–Crippen LogP) is -6.89. The summed E-state index contributed by atoms with van der Waals surface area (Å²) in [6.45, 7) is -2.38. The van der Waals surface area contributed by atoms with Gasteiger partial charge in [0, 0.05) is 0 Å². The van der Waals surface area contributed by atoms with Gasteiger partial charge in [-0.25, -0.2) is 0 Å². The molecule has 14 unspecified atom stereocenters. The lowest BCUT2D eigenvalue weighted by Crippen LogP contribution is -2.65. The van der Waals surface area contributed by atoms with Crippen LogP contribution in [0, 0.1) is 0 Å². The average molecular weight is 488 g/mol. The highest BCUT2D eigenvalue weighted by Gasteiger charge is 2.51. The van der Waals surface area contributed by atoms with Crippen molar-refractivity contribution in [3.8, 4) is 0 Å². The molecule has 0 spiro atoms. The Morgan fingerprint density at radius 2 is 1.00 bits per heavy atom. The predicted molar refractivity (Wildman–Crippen MR) is 100 cm³/mol. The third kappa shape index (κ3) is 5.48. The van der Waals surface area contributed by atoms with Gasteiger partial charge in [0.2, 0.25) is 0 Å². The Bertz CT molecular complexity index is 607. The van der Waals surface area contributed by atoms with Crippen molar-refractivity contribution in [2.45, 2.75) is 85.8 Å². The van der Waals surface area contributed by atoms with Crippen LogP contribution in [0.4, 0.5) is 0 Å². The van der Waals surface area contributed by atoms with Crippen LogP contribution >= 0.6 is 0 Å². The van der Waals surface area contributed by atoms with Gasteiger partial charge in [0.15, 0.2) is 12.6 Å². The Kier molecular flexibility index (Phi) is 9.35. The van der Waals surface area contributed by atoms with Crippen molar-refractivity contribution in [1.29, 1.82) is 0 Å². The van der Waals surface area contributed by atoms with Crippen LogP contribution in [-0.4, -0.2) is 163 Å². The van der Waals surface area contributed by atoms with E-state index in [9.17, 15) is 51.1 Å². The lowest BCUT2D eigenvalue weighted by molar-refractivity contribution is -0.362. The van der Waals surface area contributed by atoms with E-state index in [4.69, 9.17) is 23.7 Å². The van der Waals surface area contributed by atoms with Gasteiger partial charge in [0.05, 0.1) is 26.4 Å². The van der Waals surface area contributed by atoms with Crippen LogP contribution < -0.4 is 0 Å². The zero-order valence-corrected chi connectivity index (χ0v) is 17.4. The summed E-state index contributed by atoms with van der Waals surface area (Å²) in [6.07, 6.45) is -21.5. The van der Waals surface area contributed by atoms with Crippen molar-refractivity contribution >= 4 is 0 Å². The molecule has 0 amide bonds. The first-order valence-electron chi connectivity index (χ1n) is 10.5. The normalized spacial score (nSPS) is 51.5. The van der Waals surface area contributed by atoms with E-state index < -0.39 is 106 Å². The molecule has 0 aliphatic carbocycles. The fourth-order valence-corrected chi connectivity index (χ4v) is 3.98. The van der Waals surface area contributed by atoms with Gasteiger partial charge in [-0.1, -0.05) is 0 Å². The van der Waals surface area contributed by atoms with E-state index in [1.54, 1.807) is 0 Å². The molecule has 3 heterocycles. The van der Waals surface area contributed by atoms with Crippen LogP contribution in [0.25, 0.3) is 0 Å². The maximum Gasteiger partial charge on any atom is 0.187 e. The van der Waals surface area contributed by atoms with E-state index in [1.165, 1.54) is 0 Å². The molecular formula is C18H32O15. The highest BCUT2D eigenvalue weighted by atomic mass is 16.7. The molecule has 0 bridgehead atoms. The summed E-state index contributed by atoms with van der Waals surface area (Å²) in [5, 5.41) is 99.0. The molecule has 0 aromatic rings. The van der Waals surface area contributed by atoms with Gasteiger partial charge in [-0.05, 0) is 0 Å². The Hall–Kier alpha value is -0.600. The smallest absolute Gasteiger partial charge is 0.187 e. The SMILES string of the molecule is OCC1OC(OC2COC(CO)C(O)C2OC2OC(CO)C(O)C(O)C2O)C(O)C(O)C1O. The number of ether oxygens (including phenoxy) is 5. The highest BCUT2D eigenvalue weighted by Crippen LogP contribution is 2.30. The van der Waals surface area contributed by atoms with Crippen LogP contribution in [0.5, 0.6) is 0 Å². The number of hydrogen-bond acceptors (Lipinski definition) is 15. The second kappa shape index (κ2) is 11.4. The first-order valence-corrected chi connectivity index (χ1v) is 10.5. The number of rotatable bonds is 7. The Morgan fingerprint density at radius 1 is 0.545 bits per heavy atom. The van der Waals surface area contributed by atoms with Gasteiger partial charge in [-0.3, -0.25) is 0 Å². The van der Waals surface area contributed by atoms with Gasteiger partial charge >= 0.3 is 0 Å². The van der Waals surface area contributed by atoms with Crippen LogP contribution in [0.15, 0.2) is 0 Å². The van der Waals surface area contributed by atoms with Gasteiger partial charge in [-0.2, -0.15) is 0 Å². The Balaban J connectivity index is 1.77. The van der Waals surface area contributed by atoms with Crippen LogP contribution in [-0.2, 0) is 23.7 Å². The van der Waals surface area contributed by atoms with E-state index in [0.717, 1.165) is 0 Å². The molecule has 10 N–H and O–H groups in total. The maximum absolute atomic E-state index is 10.6. The van der Waals surface area contributed by atoms with Gasteiger partial charge in [0.25, 0.3) is 0 Å². The van der Waals surface area contributed by atoms with E-state index in [1.807, 2.05) is 0 Å². The van der Waals surface area contributed by atoms with Crippen molar-refractivity contribution in [3.63, 3.8) is 0 Å². The van der Waals surface area contributed by atoms with Crippen LogP contribution in [0.2, 0.25) is 0 Å². The third-order valence-electron chi connectivity index (χ3n) is 6.04. The van der Waals surface area contributed by atoms with Crippen LogP contribution in [0.3, 0.4) is 0 Å². The van der Waals surface area contributed by atoms with Gasteiger partial charge in [-0.15, -0.1) is 0 Å². The lowest BCUT2D eigenvalue weighted by atomic mass is 9.97. The third-order valence-corrected chi connectivity index (χ3v) is 6.04. The number of aliphatic hydroxyl groups excluding tert-OH is 10. The Labute approximate surface area is 187 Å². The fraction of sp³-hybridized carbons (Fsp3) is 1.00. The highest BCUT2D eigenvalue weighted by molar-refractivity contribution is 4.95. The van der Waals surface area contributed by atoms with Gasteiger partial charge < -0.3 is 74.7 Å². The molecule has 0 saturated carbocycles. The van der Waals surface area contributed by atoms with Crippen LogP contribution in [0.1, 0.15) is 0 Å². The summed E-state index contributed by atoms with van der Waals surface area (Å²) < 4.78 is 27.1.